The van der Waals surface area contributed by atoms with Gasteiger partial charge in [-0.2, -0.15) is 0 Å². The summed E-state index contributed by atoms with van der Waals surface area (Å²) < 4.78 is 47.1. The third-order valence-electron chi connectivity index (χ3n) is 12.9. The van der Waals surface area contributed by atoms with Gasteiger partial charge in [0, 0.05) is 3.57 Å². The number of hydrogen-bond acceptors (Lipinski definition) is 10. The average Bonchev–Trinajstić information content (AvgIpc) is 4.01. The van der Waals surface area contributed by atoms with Crippen LogP contribution < -0.4 is 5.46 Å². The SMILES string of the molecule is C.CC1(C)OB(B2OC(C)(C)C(C)(C)O2)OC1(C)C.COC(=O)c1cc(B2OC(C)(C)C(C)(C)O2)c(C2CC2)cc1C.COC(=O)c1cc(I)c(C2CC2)cc1C. The summed E-state index contributed by atoms with van der Waals surface area (Å²) in [4.78, 5) is 23.5. The highest BCUT2D eigenvalue weighted by Gasteiger charge is 2.63. The number of esters is 2. The lowest BCUT2D eigenvalue weighted by molar-refractivity contribution is 0.00578. The first-order chi connectivity index (χ1) is 25.7. The summed E-state index contributed by atoms with van der Waals surface area (Å²) in [7, 11) is 1.43. The van der Waals surface area contributed by atoms with Crippen LogP contribution in [0.4, 0.5) is 0 Å². The summed E-state index contributed by atoms with van der Waals surface area (Å²) in [6.07, 6.45) is 4.94. The van der Waals surface area contributed by atoms with Crippen LogP contribution in [-0.4, -0.2) is 80.9 Å². The minimum absolute atomic E-state index is 0. The first-order valence-corrected chi connectivity index (χ1v) is 20.9. The van der Waals surface area contributed by atoms with Crippen molar-refractivity contribution in [2.24, 2.45) is 0 Å². The number of carbonyl (C=O) groups is 2. The summed E-state index contributed by atoms with van der Waals surface area (Å²) >= 11 is 2.30. The van der Waals surface area contributed by atoms with Gasteiger partial charge in [-0.05, 0) is 197 Å². The molecule has 0 bridgehead atoms. The zero-order chi connectivity index (χ0) is 42.0. The molecule has 0 aromatic heterocycles. The fourth-order valence-corrected chi connectivity index (χ4v) is 7.65. The third kappa shape index (κ3) is 10.00. The molecule has 3 aliphatic heterocycles. The van der Waals surface area contributed by atoms with Crippen molar-refractivity contribution in [2.45, 2.75) is 175 Å². The Morgan fingerprint density at radius 2 is 0.877 bits per heavy atom. The summed E-state index contributed by atoms with van der Waals surface area (Å²) in [5, 5.41) is 0. The van der Waals surface area contributed by atoms with E-state index >= 15 is 0 Å². The number of hydrogen-bond donors (Lipinski definition) is 0. The Hall–Kier alpha value is -1.94. The Kier molecular flexibility index (Phi) is 14.1. The molecule has 7 rings (SSSR count). The Morgan fingerprint density at radius 3 is 1.23 bits per heavy atom. The average molecular weight is 902 g/mol. The molecule has 5 aliphatic rings. The van der Waals surface area contributed by atoms with Crippen molar-refractivity contribution in [1.82, 2.24) is 0 Å². The Morgan fingerprint density at radius 1 is 0.561 bits per heavy atom. The molecule has 0 amide bonds. The van der Waals surface area contributed by atoms with E-state index in [0.717, 1.165) is 22.5 Å². The van der Waals surface area contributed by atoms with Gasteiger partial charge in [0.25, 0.3) is 0 Å². The zero-order valence-electron chi connectivity index (χ0n) is 36.5. The van der Waals surface area contributed by atoms with Gasteiger partial charge in [0.2, 0.25) is 0 Å². The number of ether oxygens (including phenoxy) is 2. The summed E-state index contributed by atoms with van der Waals surface area (Å²) in [6, 6.07) is 8.07. The minimum atomic E-state index is -0.476. The first-order valence-electron chi connectivity index (χ1n) is 19.9. The highest BCUT2D eigenvalue weighted by Crippen LogP contribution is 2.45. The number of rotatable bonds is 6. The predicted octanol–water partition coefficient (Wildman–Crippen LogP) is 9.11. The van der Waals surface area contributed by atoms with E-state index < -0.39 is 32.3 Å². The highest BCUT2D eigenvalue weighted by atomic mass is 127. The second-order valence-electron chi connectivity index (χ2n) is 18.9. The lowest BCUT2D eigenvalue weighted by Gasteiger charge is -2.32. The molecule has 2 aromatic carbocycles. The number of methoxy groups -OCH3 is 2. The van der Waals surface area contributed by atoms with E-state index in [-0.39, 0.29) is 41.8 Å². The molecular formula is C43H66B3IO10. The van der Waals surface area contributed by atoms with E-state index in [0.29, 0.717) is 17.0 Å². The predicted molar refractivity (Wildman–Crippen MR) is 236 cm³/mol. The summed E-state index contributed by atoms with van der Waals surface area (Å²) in [6.45, 7) is 28.3. The maximum absolute atomic E-state index is 12.0. The third-order valence-corrected chi connectivity index (χ3v) is 13.8. The normalized spacial score (nSPS) is 23.1. The van der Waals surface area contributed by atoms with Gasteiger partial charge < -0.3 is 37.4 Å². The molecule has 314 valence electrons. The molecule has 3 heterocycles. The molecule has 14 heteroatoms. The van der Waals surface area contributed by atoms with Gasteiger partial charge in [-0.15, -0.1) is 0 Å². The van der Waals surface area contributed by atoms with Gasteiger partial charge in [0.05, 0.1) is 59.0 Å². The topological polar surface area (TPSA) is 108 Å². The molecule has 0 radical (unpaired) electrons. The van der Waals surface area contributed by atoms with E-state index in [2.05, 4.69) is 34.7 Å². The number of halogens is 1. The van der Waals surface area contributed by atoms with Crippen LogP contribution in [0, 0.1) is 17.4 Å². The van der Waals surface area contributed by atoms with E-state index in [1.807, 2.05) is 109 Å². The van der Waals surface area contributed by atoms with Crippen LogP contribution in [0.5, 0.6) is 0 Å². The van der Waals surface area contributed by atoms with Crippen LogP contribution in [0.3, 0.4) is 0 Å². The van der Waals surface area contributed by atoms with Gasteiger partial charge in [-0.1, -0.05) is 19.6 Å². The van der Waals surface area contributed by atoms with Crippen molar-refractivity contribution in [3.63, 3.8) is 0 Å². The van der Waals surface area contributed by atoms with Crippen molar-refractivity contribution in [2.75, 3.05) is 14.2 Å². The quantitative estimate of drug-likeness (QED) is 0.158. The molecule has 10 nitrogen and oxygen atoms in total. The van der Waals surface area contributed by atoms with Crippen LogP contribution in [0.1, 0.15) is 171 Å². The molecular weight excluding hydrogens is 836 g/mol. The van der Waals surface area contributed by atoms with Crippen molar-refractivity contribution < 1.29 is 47.0 Å². The van der Waals surface area contributed by atoms with Crippen LogP contribution in [0.25, 0.3) is 0 Å². The van der Waals surface area contributed by atoms with E-state index in [1.165, 1.54) is 54.6 Å². The molecule has 0 atom stereocenters. The maximum atomic E-state index is 12.0. The van der Waals surface area contributed by atoms with Crippen LogP contribution >= 0.6 is 22.6 Å². The van der Waals surface area contributed by atoms with E-state index in [1.54, 1.807) is 0 Å². The van der Waals surface area contributed by atoms with Gasteiger partial charge >= 0.3 is 33.1 Å². The molecule has 0 N–H and O–H groups in total. The van der Waals surface area contributed by atoms with Crippen LogP contribution in [0.2, 0.25) is 0 Å². The highest BCUT2D eigenvalue weighted by molar-refractivity contribution is 14.1. The van der Waals surface area contributed by atoms with Crippen LogP contribution in [0.15, 0.2) is 24.3 Å². The molecule has 3 saturated heterocycles. The van der Waals surface area contributed by atoms with Crippen molar-refractivity contribution in [3.05, 3.63) is 61.2 Å². The first kappa shape index (κ1) is 47.7. The molecule has 2 aliphatic carbocycles. The lowest BCUT2D eigenvalue weighted by Crippen LogP contribution is -2.41. The number of aryl methyl sites for hydroxylation is 2. The largest absolute Gasteiger partial charge is 0.495 e. The fourth-order valence-electron chi connectivity index (χ4n) is 6.74. The second kappa shape index (κ2) is 16.8. The molecule has 0 spiro atoms. The molecule has 5 fully saturated rings. The fraction of sp³-hybridized carbons (Fsp3) is 0.674. The molecule has 2 aromatic rings. The van der Waals surface area contributed by atoms with Crippen LogP contribution in [-0.2, 0) is 37.4 Å². The molecule has 2 saturated carbocycles. The standard InChI is InChI=1S/C18H25BO4.C12H24B2O4.C12H13IO2.CH4/c1-11-9-14(12-7-8-12)15(10-13(11)16(20)21-6)19-22-17(2,3)18(4,5)23-19;1-9(2)10(3,4)16-13(15-9)14-17-11(5,6)12(7,8)18-14;1-7-5-10(8-3-4-8)11(13)6-9(7)12(14)15-2;/h9-10,12H,7-8H2,1-6H3;1-8H3;5-6,8H,3-4H2,1-2H3;1H4. The van der Waals surface area contributed by atoms with E-state index in [4.69, 9.17) is 37.4 Å². The van der Waals surface area contributed by atoms with E-state index in [9.17, 15) is 9.59 Å². The van der Waals surface area contributed by atoms with Crippen molar-refractivity contribution in [3.8, 4) is 0 Å². The summed E-state index contributed by atoms with van der Waals surface area (Å²) in [5.41, 5.74) is 4.61. The minimum Gasteiger partial charge on any atom is -0.465 e. The monoisotopic (exact) mass is 902 g/mol. The smallest absolute Gasteiger partial charge is 0.465 e. The Labute approximate surface area is 357 Å². The zero-order valence-corrected chi connectivity index (χ0v) is 38.6. The number of carbonyl (C=O) groups excluding carboxylic acids is 2. The molecule has 57 heavy (non-hydrogen) atoms. The second-order valence-corrected chi connectivity index (χ2v) is 20.0. The summed E-state index contributed by atoms with van der Waals surface area (Å²) in [5.74, 6) is 0.715. The lowest BCUT2D eigenvalue weighted by atomic mass is 9.49. The van der Waals surface area contributed by atoms with Crippen molar-refractivity contribution in [1.29, 1.82) is 0 Å². The number of benzene rings is 2. The maximum Gasteiger partial charge on any atom is 0.495 e. The van der Waals surface area contributed by atoms with Crippen molar-refractivity contribution >= 4 is 61.1 Å². The van der Waals surface area contributed by atoms with Gasteiger partial charge in [-0.25, -0.2) is 9.59 Å². The van der Waals surface area contributed by atoms with Gasteiger partial charge in [0.15, 0.2) is 0 Å². The Bertz CT molecular complexity index is 1730. The molecule has 0 unspecified atom stereocenters. The Balaban J connectivity index is 0.000000192. The van der Waals surface area contributed by atoms with Gasteiger partial charge in [-0.3, -0.25) is 0 Å². The van der Waals surface area contributed by atoms with Gasteiger partial charge in [0.1, 0.15) is 0 Å².